The number of benzene rings is 2. The van der Waals surface area contributed by atoms with E-state index in [1.807, 2.05) is 0 Å². The minimum absolute atomic E-state index is 0. The van der Waals surface area contributed by atoms with Crippen molar-refractivity contribution in [2.45, 2.75) is 64.0 Å². The van der Waals surface area contributed by atoms with Crippen LogP contribution in [-0.2, 0) is 12.8 Å². The first kappa shape index (κ1) is 17.5. The van der Waals surface area contributed by atoms with Crippen molar-refractivity contribution in [1.82, 2.24) is 4.90 Å². The second-order valence-corrected chi connectivity index (χ2v) is 9.92. The van der Waals surface area contributed by atoms with Gasteiger partial charge in [-0.25, -0.2) is 0 Å². The quantitative estimate of drug-likeness (QED) is 0.705. The molecule has 0 radical (unpaired) electrons. The molecule has 5 rings (SSSR count). The SMILES string of the molecule is CC(C)(C)[C@]1(O)CCN2CC3c4ccccc4CCc4cccc(c43)[C@@H]2C1.[HH]. The lowest BCUT2D eigenvalue weighted by Crippen LogP contribution is -2.55. The summed E-state index contributed by atoms with van der Waals surface area (Å²) in [5.41, 5.74) is 6.94. The predicted molar refractivity (Wildman–Crippen MR) is 112 cm³/mol. The largest absolute Gasteiger partial charge is 0.389 e. The van der Waals surface area contributed by atoms with Crippen LogP contribution in [0.25, 0.3) is 0 Å². The van der Waals surface area contributed by atoms with Crippen LogP contribution in [0.2, 0.25) is 0 Å². The number of aryl methyl sites for hydroxylation is 2. The summed E-state index contributed by atoms with van der Waals surface area (Å²) in [5, 5.41) is 11.5. The van der Waals surface area contributed by atoms with Crippen LogP contribution in [0.3, 0.4) is 0 Å². The number of aliphatic hydroxyl groups is 1. The van der Waals surface area contributed by atoms with Crippen LogP contribution in [0.5, 0.6) is 0 Å². The highest BCUT2D eigenvalue weighted by Crippen LogP contribution is 2.51. The lowest BCUT2D eigenvalue weighted by Gasteiger charge is -2.53. The van der Waals surface area contributed by atoms with Crippen LogP contribution in [-0.4, -0.2) is 28.7 Å². The Morgan fingerprint density at radius 3 is 2.52 bits per heavy atom. The molecule has 3 atom stereocenters. The van der Waals surface area contributed by atoms with E-state index in [-0.39, 0.29) is 6.84 Å². The molecule has 2 aromatic rings. The third-order valence-corrected chi connectivity index (χ3v) is 7.63. The molecule has 27 heavy (non-hydrogen) atoms. The zero-order valence-electron chi connectivity index (χ0n) is 16.8. The summed E-state index contributed by atoms with van der Waals surface area (Å²) in [4.78, 5) is 2.65. The minimum atomic E-state index is -0.591. The van der Waals surface area contributed by atoms with Crippen molar-refractivity contribution < 1.29 is 6.53 Å². The molecular formula is C25H33NO. The van der Waals surface area contributed by atoms with Gasteiger partial charge in [0.1, 0.15) is 0 Å². The molecule has 1 fully saturated rings. The van der Waals surface area contributed by atoms with Crippen LogP contribution in [0.4, 0.5) is 0 Å². The van der Waals surface area contributed by atoms with Gasteiger partial charge in [-0.2, -0.15) is 0 Å². The van der Waals surface area contributed by atoms with E-state index >= 15 is 0 Å². The summed E-state index contributed by atoms with van der Waals surface area (Å²) in [5.74, 6) is 0.479. The number of rotatable bonds is 0. The molecule has 0 aromatic heterocycles. The fourth-order valence-corrected chi connectivity index (χ4v) is 5.76. The first-order valence-corrected chi connectivity index (χ1v) is 10.5. The van der Waals surface area contributed by atoms with E-state index < -0.39 is 5.60 Å². The molecule has 2 aromatic carbocycles. The van der Waals surface area contributed by atoms with Crippen molar-refractivity contribution in [2.24, 2.45) is 5.41 Å². The lowest BCUT2D eigenvalue weighted by atomic mass is 9.66. The average molecular weight is 364 g/mol. The summed E-state index contributed by atoms with van der Waals surface area (Å²) < 4.78 is 0. The highest BCUT2D eigenvalue weighted by atomic mass is 16.3. The second kappa shape index (κ2) is 5.93. The van der Waals surface area contributed by atoms with Gasteiger partial charge in [0.25, 0.3) is 0 Å². The number of hydrogen-bond acceptors (Lipinski definition) is 2. The molecular weight excluding hydrogens is 330 g/mol. The molecule has 1 N–H and O–H groups in total. The van der Waals surface area contributed by atoms with Gasteiger partial charge in [0.05, 0.1) is 5.60 Å². The first-order valence-electron chi connectivity index (χ1n) is 10.5. The van der Waals surface area contributed by atoms with Crippen molar-refractivity contribution >= 4 is 0 Å². The molecule has 2 aliphatic heterocycles. The number of nitrogens with zero attached hydrogens (tertiary/aromatic N) is 1. The van der Waals surface area contributed by atoms with Crippen molar-refractivity contribution in [3.63, 3.8) is 0 Å². The number of fused-ring (bicyclic) bond motifs is 4. The Morgan fingerprint density at radius 1 is 1.00 bits per heavy atom. The van der Waals surface area contributed by atoms with Crippen LogP contribution in [0, 0.1) is 5.41 Å². The summed E-state index contributed by atoms with van der Waals surface area (Å²) in [6.45, 7) is 8.65. The van der Waals surface area contributed by atoms with E-state index in [9.17, 15) is 5.11 Å². The Balaban J connectivity index is 0.00000192. The fourth-order valence-electron chi connectivity index (χ4n) is 5.76. The maximum absolute atomic E-state index is 11.5. The van der Waals surface area contributed by atoms with Crippen LogP contribution >= 0.6 is 0 Å². The third kappa shape index (κ3) is 2.61. The molecule has 0 amide bonds. The van der Waals surface area contributed by atoms with E-state index in [2.05, 4.69) is 68.1 Å². The van der Waals surface area contributed by atoms with Crippen molar-refractivity contribution in [3.8, 4) is 0 Å². The Morgan fingerprint density at radius 2 is 1.70 bits per heavy atom. The smallest absolute Gasteiger partial charge is 0.0726 e. The van der Waals surface area contributed by atoms with Gasteiger partial charge in [0, 0.05) is 26.5 Å². The van der Waals surface area contributed by atoms with Crippen LogP contribution in [0.1, 0.15) is 74.8 Å². The van der Waals surface area contributed by atoms with Gasteiger partial charge in [-0.3, -0.25) is 4.90 Å². The Labute approximate surface area is 164 Å². The van der Waals surface area contributed by atoms with Crippen LogP contribution < -0.4 is 0 Å². The second-order valence-electron chi connectivity index (χ2n) is 9.92. The fraction of sp³-hybridized carbons (Fsp3) is 0.520. The highest BCUT2D eigenvalue weighted by Gasteiger charge is 2.49. The molecule has 1 saturated heterocycles. The van der Waals surface area contributed by atoms with E-state index in [0.29, 0.717) is 12.0 Å². The van der Waals surface area contributed by atoms with E-state index in [1.165, 1.54) is 22.3 Å². The van der Waals surface area contributed by atoms with Crippen LogP contribution in [0.15, 0.2) is 42.5 Å². The summed E-state index contributed by atoms with van der Waals surface area (Å²) in [7, 11) is 0. The van der Waals surface area contributed by atoms with Gasteiger partial charge in [-0.05, 0) is 58.9 Å². The standard InChI is InChI=1S/C25H31NO.H2/c1-24(2,3)25(27)13-14-26-16-21-19-9-5-4-7-17(19)11-12-18-8-6-10-20(23(18)21)22(26)15-25;/h4-10,21-22,27H,11-16H2,1-3H3;1H/t21?,22-,25-;/m0./s1. The van der Waals surface area contributed by atoms with E-state index in [4.69, 9.17) is 0 Å². The molecule has 3 aliphatic rings. The normalized spacial score (nSPS) is 30.1. The number of hydrogen-bond donors (Lipinski definition) is 1. The third-order valence-electron chi connectivity index (χ3n) is 7.63. The molecule has 0 saturated carbocycles. The molecule has 144 valence electrons. The van der Waals surface area contributed by atoms with Crippen molar-refractivity contribution in [3.05, 3.63) is 70.3 Å². The van der Waals surface area contributed by atoms with Gasteiger partial charge in [-0.15, -0.1) is 0 Å². The molecule has 0 spiro atoms. The first-order chi connectivity index (χ1) is 12.9. The maximum Gasteiger partial charge on any atom is 0.0726 e. The summed E-state index contributed by atoms with van der Waals surface area (Å²) >= 11 is 0. The molecule has 1 aliphatic carbocycles. The van der Waals surface area contributed by atoms with Gasteiger partial charge < -0.3 is 5.11 Å². The monoisotopic (exact) mass is 363 g/mol. The van der Waals surface area contributed by atoms with Crippen molar-refractivity contribution in [1.29, 1.82) is 0 Å². The van der Waals surface area contributed by atoms with Gasteiger partial charge >= 0.3 is 0 Å². The molecule has 2 nitrogen and oxygen atoms in total. The van der Waals surface area contributed by atoms with Gasteiger partial charge in [-0.1, -0.05) is 63.2 Å². The zero-order valence-corrected chi connectivity index (χ0v) is 16.8. The maximum atomic E-state index is 11.5. The average Bonchev–Trinajstić information content (AvgIpc) is 2.80. The number of piperidine rings is 1. The van der Waals surface area contributed by atoms with Gasteiger partial charge in [0.15, 0.2) is 0 Å². The predicted octanol–water partition coefficient (Wildman–Crippen LogP) is 5.09. The van der Waals surface area contributed by atoms with Crippen molar-refractivity contribution in [2.75, 3.05) is 13.1 Å². The Bertz CT molecular complexity index is 886. The minimum Gasteiger partial charge on any atom is -0.389 e. The topological polar surface area (TPSA) is 23.5 Å². The van der Waals surface area contributed by atoms with E-state index in [1.54, 1.807) is 5.56 Å². The molecule has 1 unspecified atom stereocenters. The zero-order chi connectivity index (χ0) is 18.8. The summed E-state index contributed by atoms with van der Waals surface area (Å²) in [6, 6.07) is 16.3. The lowest BCUT2D eigenvalue weighted by molar-refractivity contribution is -0.119. The van der Waals surface area contributed by atoms with E-state index in [0.717, 1.165) is 38.8 Å². The Hall–Kier alpha value is -1.64. The van der Waals surface area contributed by atoms with Gasteiger partial charge in [0.2, 0.25) is 0 Å². The Kier molecular flexibility index (Phi) is 3.83. The highest BCUT2D eigenvalue weighted by molar-refractivity contribution is 5.51. The molecule has 2 heteroatoms. The molecule has 2 heterocycles. The summed E-state index contributed by atoms with van der Waals surface area (Å²) in [6.07, 6.45) is 3.99. The molecule has 0 bridgehead atoms.